The van der Waals surface area contributed by atoms with Crippen LogP contribution in [0, 0.1) is 0 Å². The van der Waals surface area contributed by atoms with Crippen molar-refractivity contribution in [1.29, 1.82) is 0 Å². The highest BCUT2D eigenvalue weighted by Crippen LogP contribution is 2.08. The molecule has 0 radical (unpaired) electrons. The summed E-state index contributed by atoms with van der Waals surface area (Å²) < 4.78 is 4.48. The van der Waals surface area contributed by atoms with Crippen molar-refractivity contribution in [3.8, 4) is 0 Å². The summed E-state index contributed by atoms with van der Waals surface area (Å²) in [5, 5.41) is 0. The molecule has 15 heavy (non-hydrogen) atoms. The van der Waals surface area contributed by atoms with Crippen LogP contribution in [0.4, 0.5) is 0 Å². The Morgan fingerprint density at radius 3 is 2.60 bits per heavy atom. The summed E-state index contributed by atoms with van der Waals surface area (Å²) in [6.45, 7) is 0. The van der Waals surface area contributed by atoms with Crippen LogP contribution >= 0.6 is 0 Å². The first-order chi connectivity index (χ1) is 7.27. The lowest BCUT2D eigenvalue weighted by Gasteiger charge is -1.97. The van der Waals surface area contributed by atoms with E-state index in [1.807, 2.05) is 12.1 Å². The van der Waals surface area contributed by atoms with Crippen LogP contribution in [-0.4, -0.2) is 19.4 Å². The molecule has 0 aromatic heterocycles. The van der Waals surface area contributed by atoms with Crippen molar-refractivity contribution in [2.45, 2.75) is 6.42 Å². The molecule has 0 aliphatic heterocycles. The van der Waals surface area contributed by atoms with Crippen LogP contribution in [0.2, 0.25) is 0 Å². The molecule has 0 aliphatic rings. The van der Waals surface area contributed by atoms with Gasteiger partial charge in [-0.2, -0.15) is 0 Å². The van der Waals surface area contributed by atoms with Crippen molar-refractivity contribution in [1.82, 2.24) is 0 Å². The maximum absolute atomic E-state index is 10.8. The molecule has 0 saturated heterocycles. The first-order valence-corrected chi connectivity index (χ1v) is 4.55. The Morgan fingerprint density at radius 2 is 2.00 bits per heavy atom. The fourth-order valence-electron chi connectivity index (χ4n) is 1.14. The third-order valence-electron chi connectivity index (χ3n) is 1.93. The van der Waals surface area contributed by atoms with Crippen LogP contribution < -0.4 is 0 Å². The van der Waals surface area contributed by atoms with Crippen molar-refractivity contribution in [3.63, 3.8) is 0 Å². The second-order valence-electron chi connectivity index (χ2n) is 2.93. The van der Waals surface area contributed by atoms with Crippen LogP contribution in [0.1, 0.15) is 22.3 Å². The Bertz CT molecular complexity index is 380. The topological polar surface area (TPSA) is 43.4 Å². The van der Waals surface area contributed by atoms with Gasteiger partial charge in [-0.3, -0.25) is 9.59 Å². The monoisotopic (exact) mass is 204 g/mol. The van der Waals surface area contributed by atoms with Crippen LogP contribution in [0.3, 0.4) is 0 Å². The van der Waals surface area contributed by atoms with E-state index in [1.54, 1.807) is 24.3 Å². The van der Waals surface area contributed by atoms with Gasteiger partial charge in [-0.15, -0.1) is 0 Å². The van der Waals surface area contributed by atoms with Gasteiger partial charge in [0.2, 0.25) is 0 Å². The van der Waals surface area contributed by atoms with Crippen LogP contribution in [0.25, 0.3) is 6.08 Å². The summed E-state index contributed by atoms with van der Waals surface area (Å²) in [5.74, 6) is -0.296. The minimum atomic E-state index is -0.296. The standard InChI is InChI=1S/C12H12O3/c1-15-12(14)8-4-7-10-5-2-3-6-11(10)9-13/h2-7,9H,8H2,1H3/b7-4-. The second kappa shape index (κ2) is 5.75. The van der Waals surface area contributed by atoms with E-state index in [2.05, 4.69) is 4.74 Å². The number of hydrogen-bond acceptors (Lipinski definition) is 3. The van der Waals surface area contributed by atoms with E-state index in [1.165, 1.54) is 7.11 Å². The highest BCUT2D eigenvalue weighted by molar-refractivity contribution is 5.82. The molecule has 78 valence electrons. The summed E-state index contributed by atoms with van der Waals surface area (Å²) in [4.78, 5) is 21.5. The summed E-state index contributed by atoms with van der Waals surface area (Å²) in [7, 11) is 1.34. The number of esters is 1. The van der Waals surface area contributed by atoms with E-state index in [0.717, 1.165) is 11.8 Å². The SMILES string of the molecule is COC(=O)C/C=C\c1ccccc1C=O. The van der Waals surface area contributed by atoms with Gasteiger partial charge < -0.3 is 4.74 Å². The Balaban J connectivity index is 2.71. The number of carbonyl (C=O) groups is 2. The lowest BCUT2D eigenvalue weighted by molar-refractivity contribution is -0.139. The normalized spacial score (nSPS) is 10.2. The molecule has 0 saturated carbocycles. The minimum Gasteiger partial charge on any atom is -0.469 e. The Morgan fingerprint density at radius 1 is 1.33 bits per heavy atom. The molecule has 1 rings (SSSR count). The maximum Gasteiger partial charge on any atom is 0.309 e. The number of rotatable bonds is 4. The van der Waals surface area contributed by atoms with E-state index >= 15 is 0 Å². The average molecular weight is 204 g/mol. The Hall–Kier alpha value is -1.90. The molecule has 3 nitrogen and oxygen atoms in total. The van der Waals surface area contributed by atoms with Crippen LogP contribution in [0.5, 0.6) is 0 Å². The van der Waals surface area contributed by atoms with Gasteiger partial charge in [0.1, 0.15) is 0 Å². The molecule has 0 fully saturated rings. The van der Waals surface area contributed by atoms with Gasteiger partial charge >= 0.3 is 5.97 Å². The largest absolute Gasteiger partial charge is 0.469 e. The summed E-state index contributed by atoms with van der Waals surface area (Å²) in [6, 6.07) is 7.18. The van der Waals surface area contributed by atoms with E-state index < -0.39 is 0 Å². The molecule has 0 unspecified atom stereocenters. The van der Waals surface area contributed by atoms with Crippen molar-refractivity contribution in [2.24, 2.45) is 0 Å². The van der Waals surface area contributed by atoms with Gasteiger partial charge in [-0.1, -0.05) is 36.4 Å². The summed E-state index contributed by atoms with van der Waals surface area (Å²) in [5.41, 5.74) is 1.41. The van der Waals surface area contributed by atoms with Crippen molar-refractivity contribution in [2.75, 3.05) is 7.11 Å². The van der Waals surface area contributed by atoms with E-state index in [9.17, 15) is 9.59 Å². The Labute approximate surface area is 88.4 Å². The smallest absolute Gasteiger partial charge is 0.309 e. The number of methoxy groups -OCH3 is 1. The molecule has 0 spiro atoms. The predicted octanol–water partition coefficient (Wildman–Crippen LogP) is 2.08. The van der Waals surface area contributed by atoms with Crippen LogP contribution in [0.15, 0.2) is 30.3 Å². The highest BCUT2D eigenvalue weighted by atomic mass is 16.5. The fraction of sp³-hybridized carbons (Fsp3) is 0.167. The number of aldehydes is 1. The van der Waals surface area contributed by atoms with E-state index in [0.29, 0.717) is 5.56 Å². The first kappa shape index (κ1) is 11.2. The molecule has 3 heteroatoms. The predicted molar refractivity (Wildman–Crippen MR) is 57.5 cm³/mol. The molecular formula is C12H12O3. The number of hydrogen-bond donors (Lipinski definition) is 0. The van der Waals surface area contributed by atoms with Gasteiger partial charge in [0, 0.05) is 5.56 Å². The molecule has 1 aromatic carbocycles. The summed E-state index contributed by atoms with van der Waals surface area (Å²) >= 11 is 0. The van der Waals surface area contributed by atoms with E-state index in [-0.39, 0.29) is 12.4 Å². The van der Waals surface area contributed by atoms with E-state index in [4.69, 9.17) is 0 Å². The molecule has 0 amide bonds. The van der Waals surface area contributed by atoms with Gasteiger partial charge in [-0.25, -0.2) is 0 Å². The van der Waals surface area contributed by atoms with Gasteiger partial charge in [0.05, 0.1) is 13.5 Å². The zero-order valence-electron chi connectivity index (χ0n) is 8.47. The van der Waals surface area contributed by atoms with Gasteiger partial charge in [0.15, 0.2) is 6.29 Å². The van der Waals surface area contributed by atoms with Crippen molar-refractivity contribution in [3.05, 3.63) is 41.5 Å². The zero-order valence-corrected chi connectivity index (χ0v) is 8.47. The minimum absolute atomic E-state index is 0.212. The van der Waals surface area contributed by atoms with Gasteiger partial charge in [-0.05, 0) is 5.56 Å². The van der Waals surface area contributed by atoms with Crippen molar-refractivity contribution >= 4 is 18.3 Å². The molecule has 0 N–H and O–H groups in total. The molecular weight excluding hydrogens is 192 g/mol. The second-order valence-corrected chi connectivity index (χ2v) is 2.93. The third-order valence-corrected chi connectivity index (χ3v) is 1.93. The van der Waals surface area contributed by atoms with Crippen molar-refractivity contribution < 1.29 is 14.3 Å². The third kappa shape index (κ3) is 3.38. The molecule has 0 heterocycles. The van der Waals surface area contributed by atoms with Gasteiger partial charge in [0.25, 0.3) is 0 Å². The number of benzene rings is 1. The highest BCUT2D eigenvalue weighted by Gasteiger charge is 1.97. The summed E-state index contributed by atoms with van der Waals surface area (Å²) in [6.07, 6.45) is 4.41. The molecule has 1 aromatic rings. The lowest BCUT2D eigenvalue weighted by atomic mass is 10.1. The average Bonchev–Trinajstić information content (AvgIpc) is 2.29. The Kier molecular flexibility index (Phi) is 4.29. The molecule has 0 bridgehead atoms. The fourth-order valence-corrected chi connectivity index (χ4v) is 1.14. The molecule has 0 atom stereocenters. The first-order valence-electron chi connectivity index (χ1n) is 4.55. The maximum atomic E-state index is 10.8. The number of ether oxygens (including phenoxy) is 1. The zero-order chi connectivity index (χ0) is 11.1. The lowest BCUT2D eigenvalue weighted by Crippen LogP contribution is -1.96. The quantitative estimate of drug-likeness (QED) is 0.557. The number of carbonyl (C=O) groups excluding carboxylic acids is 2. The van der Waals surface area contributed by atoms with Crippen LogP contribution in [-0.2, 0) is 9.53 Å². The molecule has 0 aliphatic carbocycles.